The van der Waals surface area contributed by atoms with E-state index in [4.69, 9.17) is 11.6 Å². The fraction of sp³-hybridized carbons (Fsp3) is 0.250. The number of ether oxygens (including phenoxy) is 1. The van der Waals surface area contributed by atoms with E-state index in [2.05, 4.69) is 20.4 Å². The molecule has 0 saturated carbocycles. The smallest absolute Gasteiger partial charge is 0.422 e. The summed E-state index contributed by atoms with van der Waals surface area (Å²) in [5, 5.41) is 5.77. The van der Waals surface area contributed by atoms with Crippen molar-refractivity contribution in [2.24, 2.45) is 0 Å². The average Bonchev–Trinajstić information content (AvgIpc) is 2.57. The van der Waals surface area contributed by atoms with Crippen LogP contribution in [0.5, 0.6) is 5.88 Å². The molecular formula is C16H15ClF3N3O2. The predicted octanol–water partition coefficient (Wildman–Crippen LogP) is 3.68. The van der Waals surface area contributed by atoms with Gasteiger partial charge in [-0.25, -0.2) is 9.78 Å². The highest BCUT2D eigenvalue weighted by Gasteiger charge is 2.28. The number of hydrogen-bond donors (Lipinski definition) is 2. The Morgan fingerprint density at radius 3 is 2.60 bits per heavy atom. The predicted molar refractivity (Wildman–Crippen MR) is 86.3 cm³/mol. The number of nitrogens with zero attached hydrogens (tertiary/aromatic N) is 1. The van der Waals surface area contributed by atoms with Crippen LogP contribution in [-0.2, 0) is 13.1 Å². The van der Waals surface area contributed by atoms with Crippen molar-refractivity contribution >= 4 is 17.6 Å². The number of carbonyl (C=O) groups excluding carboxylic acids is 1. The minimum atomic E-state index is -4.44. The highest BCUT2D eigenvalue weighted by Crippen LogP contribution is 2.17. The van der Waals surface area contributed by atoms with Crippen LogP contribution in [0.15, 0.2) is 42.6 Å². The third kappa shape index (κ3) is 6.88. The van der Waals surface area contributed by atoms with Crippen LogP contribution in [0, 0.1) is 0 Å². The van der Waals surface area contributed by atoms with Crippen molar-refractivity contribution in [2.45, 2.75) is 19.3 Å². The number of rotatable bonds is 6. The number of alkyl halides is 3. The number of nitrogens with one attached hydrogen (secondary N) is 2. The van der Waals surface area contributed by atoms with E-state index in [1.165, 1.54) is 12.3 Å². The number of halogens is 4. The molecule has 0 radical (unpaired) electrons. The first-order valence-electron chi connectivity index (χ1n) is 7.23. The molecule has 0 aliphatic heterocycles. The fourth-order valence-corrected chi connectivity index (χ4v) is 2.06. The van der Waals surface area contributed by atoms with Gasteiger partial charge in [-0.2, -0.15) is 13.2 Å². The van der Waals surface area contributed by atoms with Gasteiger partial charge in [-0.05, 0) is 23.3 Å². The van der Waals surface area contributed by atoms with Crippen molar-refractivity contribution in [3.8, 4) is 5.88 Å². The van der Waals surface area contributed by atoms with Crippen LogP contribution >= 0.6 is 11.6 Å². The first-order chi connectivity index (χ1) is 11.8. The lowest BCUT2D eigenvalue weighted by Crippen LogP contribution is -2.34. The molecule has 134 valence electrons. The van der Waals surface area contributed by atoms with Gasteiger partial charge in [0.25, 0.3) is 0 Å². The highest BCUT2D eigenvalue weighted by molar-refractivity contribution is 6.31. The minimum Gasteiger partial charge on any atom is -0.468 e. The van der Waals surface area contributed by atoms with E-state index in [0.29, 0.717) is 10.6 Å². The molecule has 9 heteroatoms. The van der Waals surface area contributed by atoms with Crippen molar-refractivity contribution in [3.63, 3.8) is 0 Å². The first kappa shape index (κ1) is 18.9. The molecule has 0 aliphatic rings. The van der Waals surface area contributed by atoms with Gasteiger partial charge in [0.15, 0.2) is 6.61 Å². The van der Waals surface area contributed by atoms with Gasteiger partial charge >= 0.3 is 12.2 Å². The first-order valence-corrected chi connectivity index (χ1v) is 7.61. The molecule has 0 bridgehead atoms. The fourth-order valence-electron chi connectivity index (χ4n) is 1.86. The number of pyridine rings is 1. The Kier molecular flexibility index (Phi) is 6.46. The van der Waals surface area contributed by atoms with Crippen LogP contribution in [0.25, 0.3) is 0 Å². The summed E-state index contributed by atoms with van der Waals surface area (Å²) in [6.45, 7) is -1.06. The summed E-state index contributed by atoms with van der Waals surface area (Å²) in [6, 6.07) is 9.56. The topological polar surface area (TPSA) is 63.2 Å². The maximum Gasteiger partial charge on any atom is 0.422 e. The van der Waals surface area contributed by atoms with E-state index in [9.17, 15) is 18.0 Å². The molecule has 25 heavy (non-hydrogen) atoms. The van der Waals surface area contributed by atoms with Gasteiger partial charge in [0.05, 0.1) is 0 Å². The van der Waals surface area contributed by atoms with Crippen LogP contribution in [0.2, 0.25) is 5.02 Å². The monoisotopic (exact) mass is 373 g/mol. The van der Waals surface area contributed by atoms with Crippen molar-refractivity contribution in [1.82, 2.24) is 15.6 Å². The number of urea groups is 1. The third-order valence-electron chi connectivity index (χ3n) is 3.03. The molecule has 0 spiro atoms. The molecule has 5 nitrogen and oxygen atoms in total. The highest BCUT2D eigenvalue weighted by atomic mass is 35.5. The van der Waals surface area contributed by atoms with E-state index in [0.717, 1.165) is 5.56 Å². The van der Waals surface area contributed by atoms with Crippen LogP contribution in [-0.4, -0.2) is 23.8 Å². The number of benzene rings is 1. The molecule has 1 aromatic heterocycles. The van der Waals surface area contributed by atoms with Gasteiger partial charge in [0, 0.05) is 30.4 Å². The van der Waals surface area contributed by atoms with Gasteiger partial charge < -0.3 is 15.4 Å². The second-order valence-corrected chi connectivity index (χ2v) is 5.44. The van der Waals surface area contributed by atoms with Gasteiger partial charge in [0.1, 0.15) is 0 Å². The van der Waals surface area contributed by atoms with Crippen LogP contribution in [0.1, 0.15) is 11.1 Å². The Balaban J connectivity index is 1.80. The molecule has 2 amide bonds. The number of hydrogen-bond acceptors (Lipinski definition) is 3. The van der Waals surface area contributed by atoms with Gasteiger partial charge in [-0.15, -0.1) is 0 Å². The second kappa shape index (κ2) is 8.57. The zero-order valence-electron chi connectivity index (χ0n) is 12.9. The normalized spacial score (nSPS) is 11.0. The van der Waals surface area contributed by atoms with Crippen LogP contribution in [0.4, 0.5) is 18.0 Å². The van der Waals surface area contributed by atoms with E-state index < -0.39 is 18.8 Å². The zero-order valence-corrected chi connectivity index (χ0v) is 13.7. The minimum absolute atomic E-state index is 0.110. The molecule has 0 unspecified atom stereocenters. The zero-order chi connectivity index (χ0) is 18.3. The van der Waals surface area contributed by atoms with E-state index in [-0.39, 0.29) is 19.0 Å². The van der Waals surface area contributed by atoms with E-state index >= 15 is 0 Å². The molecule has 1 heterocycles. The Morgan fingerprint density at radius 2 is 1.88 bits per heavy atom. The molecular weight excluding hydrogens is 359 g/mol. The summed E-state index contributed by atoms with van der Waals surface area (Å²) >= 11 is 5.99. The summed E-state index contributed by atoms with van der Waals surface area (Å²) in [4.78, 5) is 15.5. The van der Waals surface area contributed by atoms with Crippen LogP contribution < -0.4 is 15.4 Å². The molecule has 0 aliphatic carbocycles. The number of aromatic nitrogens is 1. The summed E-state index contributed by atoms with van der Waals surface area (Å²) in [5.74, 6) is -0.159. The maximum absolute atomic E-state index is 12.1. The quantitative estimate of drug-likeness (QED) is 0.812. The third-order valence-corrected chi connectivity index (χ3v) is 3.40. The van der Waals surface area contributed by atoms with Gasteiger partial charge in [0.2, 0.25) is 5.88 Å². The van der Waals surface area contributed by atoms with E-state index in [1.54, 1.807) is 30.3 Å². The second-order valence-electron chi connectivity index (χ2n) is 5.03. The van der Waals surface area contributed by atoms with Crippen molar-refractivity contribution < 1.29 is 22.7 Å². The lowest BCUT2D eigenvalue weighted by atomic mass is 10.2. The summed E-state index contributed by atoms with van der Waals surface area (Å²) in [7, 11) is 0. The Labute approximate surface area is 147 Å². The molecule has 0 saturated heterocycles. The molecule has 2 N–H and O–H groups in total. The number of amides is 2. The van der Waals surface area contributed by atoms with Crippen molar-refractivity contribution in [3.05, 3.63) is 58.7 Å². The Bertz CT molecular complexity index is 726. The average molecular weight is 374 g/mol. The van der Waals surface area contributed by atoms with Crippen molar-refractivity contribution in [2.75, 3.05) is 6.61 Å². The standard InChI is InChI=1S/C16H15ClF3N3O2/c17-13-4-2-1-3-12(13)9-23-15(24)22-8-11-5-6-21-14(7-11)25-10-16(18,19)20/h1-7H,8-10H2,(H2,22,23,24). The SMILES string of the molecule is O=C(NCc1ccnc(OCC(F)(F)F)c1)NCc1ccccc1Cl. The molecule has 0 fully saturated rings. The summed E-state index contributed by atoms with van der Waals surface area (Å²) < 4.78 is 40.9. The molecule has 0 atom stereocenters. The lowest BCUT2D eigenvalue weighted by Gasteiger charge is -2.11. The largest absolute Gasteiger partial charge is 0.468 e. The summed E-state index contributed by atoms with van der Waals surface area (Å²) in [5.41, 5.74) is 1.33. The molecule has 2 aromatic rings. The van der Waals surface area contributed by atoms with Gasteiger partial charge in [-0.3, -0.25) is 0 Å². The van der Waals surface area contributed by atoms with Crippen LogP contribution in [0.3, 0.4) is 0 Å². The molecule has 1 aromatic carbocycles. The van der Waals surface area contributed by atoms with Gasteiger partial charge in [-0.1, -0.05) is 29.8 Å². The lowest BCUT2D eigenvalue weighted by molar-refractivity contribution is -0.154. The number of carbonyl (C=O) groups is 1. The maximum atomic E-state index is 12.1. The Morgan fingerprint density at radius 1 is 1.16 bits per heavy atom. The van der Waals surface area contributed by atoms with Crippen molar-refractivity contribution in [1.29, 1.82) is 0 Å². The Hall–Kier alpha value is -2.48. The molecule has 2 rings (SSSR count). The summed E-state index contributed by atoms with van der Waals surface area (Å²) in [6.07, 6.45) is -3.13. The van der Waals surface area contributed by atoms with E-state index in [1.807, 2.05) is 0 Å².